The molecule has 62 heavy (non-hydrogen) atoms. The third-order valence-electron chi connectivity index (χ3n) is 23.7. The van der Waals surface area contributed by atoms with Crippen molar-refractivity contribution in [3.05, 3.63) is 0 Å². The Morgan fingerprint density at radius 1 is 0.0968 bits per heavy atom. The van der Waals surface area contributed by atoms with E-state index in [2.05, 4.69) is 215 Å². The normalized spacial score (nSPS) is 25.9. The van der Waals surface area contributed by atoms with Gasteiger partial charge in [-0.05, 0) is 172 Å². The zero-order valence-corrected chi connectivity index (χ0v) is 47.7. The molecule has 0 amide bonds. The molecule has 26 atom stereocenters. The lowest BCUT2D eigenvalue weighted by molar-refractivity contribution is 0.0388. The van der Waals surface area contributed by atoms with Crippen molar-refractivity contribution in [1.82, 2.24) is 0 Å². The molecule has 0 heterocycles. The zero-order chi connectivity index (χ0) is 47.7. The van der Waals surface area contributed by atoms with Gasteiger partial charge in [-0.3, -0.25) is 0 Å². The molecule has 0 aliphatic carbocycles. The highest BCUT2D eigenvalue weighted by Crippen LogP contribution is 2.47. The quantitative estimate of drug-likeness (QED) is 0.0735. The summed E-state index contributed by atoms with van der Waals surface area (Å²) < 4.78 is 0. The largest absolute Gasteiger partial charge is 0.0776 e. The standard InChI is InChI=1S/C60H122.2CH4/c1-32(2)34(5)36(7)38(9)40(11)42(13)44(15)46(17)48(19)50(21)52(23)54(25)56(27)58(29)60(31)59(30)57(28)55(26)53(24)51(22)49(20)47(18)45(16)43(14)41(12)39(10)37(8)35(6)33(3)4;;/h32-60H,1-31H3;2*1H4. The van der Waals surface area contributed by atoms with Crippen LogP contribution >= 0.6 is 0 Å². The lowest BCUT2D eigenvalue weighted by atomic mass is 9.61. The van der Waals surface area contributed by atoms with Crippen LogP contribution in [0.25, 0.3) is 0 Å². The molecule has 0 rings (SSSR count). The summed E-state index contributed by atoms with van der Waals surface area (Å²) in [6.45, 7) is 79.3. The second kappa shape index (κ2) is 29.0. The highest BCUT2D eigenvalue weighted by molar-refractivity contribution is 4.89. The van der Waals surface area contributed by atoms with Crippen molar-refractivity contribution in [3.8, 4) is 0 Å². The van der Waals surface area contributed by atoms with Gasteiger partial charge in [0.15, 0.2) is 0 Å². The van der Waals surface area contributed by atoms with E-state index in [0.29, 0.717) is 29.6 Å². The van der Waals surface area contributed by atoms with Crippen molar-refractivity contribution in [1.29, 1.82) is 0 Å². The Labute approximate surface area is 399 Å². The zero-order valence-electron chi connectivity index (χ0n) is 47.7. The molecule has 0 spiro atoms. The first-order valence-corrected chi connectivity index (χ1v) is 27.2. The summed E-state index contributed by atoms with van der Waals surface area (Å²) in [6.07, 6.45) is 0. The van der Waals surface area contributed by atoms with Gasteiger partial charge < -0.3 is 0 Å². The minimum absolute atomic E-state index is 0. The van der Waals surface area contributed by atoms with Gasteiger partial charge in [0.2, 0.25) is 0 Å². The van der Waals surface area contributed by atoms with Crippen LogP contribution in [-0.4, -0.2) is 0 Å². The molecule has 0 N–H and O–H groups in total. The van der Waals surface area contributed by atoms with Crippen molar-refractivity contribution in [2.75, 3.05) is 0 Å². The summed E-state index contributed by atoms with van der Waals surface area (Å²) in [6, 6.07) is 0. The maximum absolute atomic E-state index is 2.61. The molecule has 0 fully saturated rings. The van der Waals surface area contributed by atoms with Gasteiger partial charge >= 0.3 is 0 Å². The molecular weight excluding hydrogens is 745 g/mol. The van der Waals surface area contributed by atoms with Crippen molar-refractivity contribution in [3.63, 3.8) is 0 Å². The molecule has 0 saturated carbocycles. The van der Waals surface area contributed by atoms with Crippen molar-refractivity contribution < 1.29 is 0 Å². The average molecular weight is 876 g/mol. The maximum atomic E-state index is 2.61. The molecule has 26 unspecified atom stereocenters. The van der Waals surface area contributed by atoms with Gasteiger partial charge in [0.05, 0.1) is 0 Å². The second-order valence-corrected chi connectivity index (χ2v) is 25.7. The van der Waals surface area contributed by atoms with Crippen LogP contribution < -0.4 is 0 Å². The minimum Gasteiger partial charge on any atom is -0.0776 e. The summed E-state index contributed by atoms with van der Waals surface area (Å²) in [5.74, 6) is 21.4. The fourth-order valence-corrected chi connectivity index (χ4v) is 13.2. The molecule has 378 valence electrons. The van der Waals surface area contributed by atoms with E-state index in [1.165, 1.54) is 0 Å². The van der Waals surface area contributed by atoms with Crippen LogP contribution in [0, 0.1) is 172 Å². The Morgan fingerprint density at radius 3 is 0.194 bits per heavy atom. The highest BCUT2D eigenvalue weighted by atomic mass is 14.5. The van der Waals surface area contributed by atoms with Crippen LogP contribution in [0.5, 0.6) is 0 Å². The lowest BCUT2D eigenvalue weighted by Crippen LogP contribution is -2.38. The Bertz CT molecular complexity index is 1030. The van der Waals surface area contributed by atoms with Crippen molar-refractivity contribution >= 4 is 0 Å². The van der Waals surface area contributed by atoms with E-state index in [9.17, 15) is 0 Å². The van der Waals surface area contributed by atoms with E-state index in [-0.39, 0.29) is 14.9 Å². The summed E-state index contributed by atoms with van der Waals surface area (Å²) in [5.41, 5.74) is 0. The molecule has 0 radical (unpaired) electrons. The molecule has 0 saturated heterocycles. The second-order valence-electron chi connectivity index (χ2n) is 25.7. The van der Waals surface area contributed by atoms with Gasteiger partial charge in [0.1, 0.15) is 0 Å². The molecular formula is C62H130. The molecule has 0 aliphatic rings. The molecule has 0 heteroatoms. The Hall–Kier alpha value is 0. The van der Waals surface area contributed by atoms with E-state index < -0.39 is 0 Å². The summed E-state index contributed by atoms with van der Waals surface area (Å²) in [7, 11) is 0. The first kappa shape index (κ1) is 66.3. The molecule has 0 nitrogen and oxygen atoms in total. The number of rotatable bonds is 28. The summed E-state index contributed by atoms with van der Waals surface area (Å²) in [5, 5.41) is 0. The maximum Gasteiger partial charge on any atom is -0.0386 e. The Kier molecular flexibility index (Phi) is 31.0. The van der Waals surface area contributed by atoms with E-state index in [1.54, 1.807) is 0 Å². The summed E-state index contributed by atoms with van der Waals surface area (Å²) in [4.78, 5) is 0. The van der Waals surface area contributed by atoms with Gasteiger partial charge in [-0.1, -0.05) is 229 Å². The van der Waals surface area contributed by atoms with Crippen LogP contribution in [-0.2, 0) is 0 Å². The van der Waals surface area contributed by atoms with Crippen LogP contribution in [0.2, 0.25) is 0 Å². The molecule has 0 aromatic carbocycles. The molecule has 0 bridgehead atoms. The van der Waals surface area contributed by atoms with E-state index in [4.69, 9.17) is 0 Å². The third kappa shape index (κ3) is 16.7. The number of hydrogen-bond donors (Lipinski definition) is 0. The predicted octanol–water partition coefficient (Wildman–Crippen LogP) is 20.7. The van der Waals surface area contributed by atoms with Crippen molar-refractivity contribution in [2.45, 2.75) is 229 Å². The van der Waals surface area contributed by atoms with Gasteiger partial charge in [0.25, 0.3) is 0 Å². The Morgan fingerprint density at radius 2 is 0.145 bits per heavy atom. The highest BCUT2D eigenvalue weighted by Gasteiger charge is 2.41. The van der Waals surface area contributed by atoms with E-state index >= 15 is 0 Å². The SMILES string of the molecule is C.C.CC(C)C(C)C(C)C(C)C(C)C(C)C(C)C(C)C(C)C(C)C(C)C(C)C(C)C(C)C(C)C(C)C(C)C(C)C(C)C(C)C(C)C(C)C(C)C(C)C(C)C(C)C(C)C(C)C(C)C. The molecule has 0 aromatic rings. The van der Waals surface area contributed by atoms with Gasteiger partial charge in [-0.25, -0.2) is 0 Å². The van der Waals surface area contributed by atoms with Crippen LogP contribution in [0.3, 0.4) is 0 Å². The van der Waals surface area contributed by atoms with Crippen LogP contribution in [0.4, 0.5) is 0 Å². The smallest absolute Gasteiger partial charge is 0.0386 e. The van der Waals surface area contributed by atoms with Crippen molar-refractivity contribution in [2.24, 2.45) is 172 Å². The minimum atomic E-state index is 0. The fraction of sp³-hybridized carbons (Fsp3) is 1.00. The lowest BCUT2D eigenvalue weighted by Gasteiger charge is -2.45. The van der Waals surface area contributed by atoms with Gasteiger partial charge in [-0.2, -0.15) is 0 Å². The average Bonchev–Trinajstić information content (AvgIpc) is 3.23. The predicted molar refractivity (Wildman–Crippen MR) is 291 cm³/mol. The fourth-order valence-electron chi connectivity index (χ4n) is 13.2. The Balaban J connectivity index is -0.0000174. The third-order valence-corrected chi connectivity index (χ3v) is 23.7. The van der Waals surface area contributed by atoms with Crippen LogP contribution in [0.1, 0.15) is 229 Å². The summed E-state index contributed by atoms with van der Waals surface area (Å²) >= 11 is 0. The van der Waals surface area contributed by atoms with E-state index in [0.717, 1.165) is 142 Å². The molecule has 0 aliphatic heterocycles. The van der Waals surface area contributed by atoms with Gasteiger partial charge in [-0.15, -0.1) is 0 Å². The topological polar surface area (TPSA) is 0 Å². The first-order chi connectivity index (χ1) is 27.2. The number of hydrogen-bond acceptors (Lipinski definition) is 0. The van der Waals surface area contributed by atoms with E-state index in [1.807, 2.05) is 0 Å². The first-order valence-electron chi connectivity index (χ1n) is 27.2. The monoisotopic (exact) mass is 875 g/mol. The van der Waals surface area contributed by atoms with Crippen LogP contribution in [0.15, 0.2) is 0 Å². The molecule has 0 aromatic heterocycles. The van der Waals surface area contributed by atoms with Gasteiger partial charge in [0, 0.05) is 0 Å².